The second-order valence-corrected chi connectivity index (χ2v) is 4.99. The van der Waals surface area contributed by atoms with Crippen LogP contribution in [0.4, 0.5) is 18.3 Å². The first-order chi connectivity index (χ1) is 8.00. The van der Waals surface area contributed by atoms with Crippen LogP contribution in [0.25, 0.3) is 0 Å². The zero-order valence-corrected chi connectivity index (χ0v) is 9.89. The van der Waals surface area contributed by atoms with Crippen LogP contribution >= 0.6 is 11.3 Å². The van der Waals surface area contributed by atoms with Gasteiger partial charge in [0.25, 0.3) is 0 Å². The number of hydrogen-bond acceptors (Lipinski definition) is 4. The summed E-state index contributed by atoms with van der Waals surface area (Å²) in [5, 5.41) is 10.5. The van der Waals surface area contributed by atoms with E-state index < -0.39 is 11.9 Å². The minimum Gasteiger partial charge on any atom is -0.396 e. The third-order valence-corrected chi connectivity index (χ3v) is 3.73. The van der Waals surface area contributed by atoms with Crippen molar-refractivity contribution in [2.75, 3.05) is 24.6 Å². The summed E-state index contributed by atoms with van der Waals surface area (Å²) in [6.07, 6.45) is -2.57. The lowest BCUT2D eigenvalue weighted by Crippen LogP contribution is -2.36. The number of halogens is 3. The molecule has 1 atom stereocenters. The third kappa shape index (κ3) is 2.90. The standard InChI is InChI=1S/C10H13F3N2OS/c11-10(12,13)8-6-17-9(14-8)15-3-1-2-7(4-15)5-16/h6-7,16H,1-5H2. The van der Waals surface area contributed by atoms with Crippen LogP contribution < -0.4 is 4.90 Å². The van der Waals surface area contributed by atoms with E-state index in [2.05, 4.69) is 4.98 Å². The molecule has 0 saturated carbocycles. The van der Waals surface area contributed by atoms with Gasteiger partial charge in [0.2, 0.25) is 0 Å². The Bertz CT molecular complexity index is 380. The number of aromatic nitrogens is 1. The number of anilines is 1. The molecular formula is C10H13F3N2OS. The van der Waals surface area contributed by atoms with Crippen molar-refractivity contribution in [2.24, 2.45) is 5.92 Å². The highest BCUT2D eigenvalue weighted by Crippen LogP contribution is 2.34. The molecule has 2 rings (SSSR count). The molecule has 3 nitrogen and oxygen atoms in total. The highest BCUT2D eigenvalue weighted by Gasteiger charge is 2.34. The number of aliphatic hydroxyl groups is 1. The summed E-state index contributed by atoms with van der Waals surface area (Å²) in [6, 6.07) is 0. The number of hydrogen-bond donors (Lipinski definition) is 1. The Kier molecular flexibility index (Phi) is 3.58. The molecule has 1 saturated heterocycles. The minimum absolute atomic E-state index is 0.0774. The van der Waals surface area contributed by atoms with E-state index in [-0.39, 0.29) is 12.5 Å². The summed E-state index contributed by atoms with van der Waals surface area (Å²) >= 11 is 1.01. The lowest BCUT2D eigenvalue weighted by atomic mass is 10.00. The summed E-state index contributed by atoms with van der Waals surface area (Å²) in [4.78, 5) is 5.44. The van der Waals surface area contributed by atoms with Crippen LogP contribution in [-0.4, -0.2) is 29.8 Å². The Morgan fingerprint density at radius 2 is 2.29 bits per heavy atom. The van der Waals surface area contributed by atoms with Gasteiger partial charge in [0, 0.05) is 25.1 Å². The van der Waals surface area contributed by atoms with E-state index in [4.69, 9.17) is 5.11 Å². The second-order valence-electron chi connectivity index (χ2n) is 4.15. The van der Waals surface area contributed by atoms with Gasteiger partial charge in [0.05, 0.1) is 0 Å². The molecule has 1 fully saturated rings. The molecule has 7 heteroatoms. The van der Waals surface area contributed by atoms with E-state index in [9.17, 15) is 13.2 Å². The molecule has 1 N–H and O–H groups in total. The average molecular weight is 266 g/mol. The minimum atomic E-state index is -4.37. The lowest BCUT2D eigenvalue weighted by Gasteiger charge is -2.31. The monoisotopic (exact) mass is 266 g/mol. The first-order valence-corrected chi connectivity index (χ1v) is 6.27. The van der Waals surface area contributed by atoms with Crippen LogP contribution in [0.2, 0.25) is 0 Å². The van der Waals surface area contributed by atoms with Crippen molar-refractivity contribution in [3.8, 4) is 0 Å². The fraction of sp³-hybridized carbons (Fsp3) is 0.700. The van der Waals surface area contributed by atoms with Crippen LogP contribution in [0.1, 0.15) is 18.5 Å². The third-order valence-electron chi connectivity index (χ3n) is 2.83. The molecule has 1 aromatic heterocycles. The molecule has 0 bridgehead atoms. The quantitative estimate of drug-likeness (QED) is 0.892. The van der Waals surface area contributed by atoms with Gasteiger partial charge < -0.3 is 10.0 Å². The van der Waals surface area contributed by atoms with Crippen LogP contribution in [0.15, 0.2) is 5.38 Å². The van der Waals surface area contributed by atoms with Gasteiger partial charge in [-0.1, -0.05) is 0 Å². The average Bonchev–Trinajstić information content (AvgIpc) is 2.78. The van der Waals surface area contributed by atoms with E-state index in [0.717, 1.165) is 29.6 Å². The number of nitrogens with zero attached hydrogens (tertiary/aromatic N) is 2. The van der Waals surface area contributed by atoms with Crippen LogP contribution in [0.5, 0.6) is 0 Å². The normalized spacial score (nSPS) is 21.9. The van der Waals surface area contributed by atoms with E-state index >= 15 is 0 Å². The highest BCUT2D eigenvalue weighted by molar-refractivity contribution is 7.13. The van der Waals surface area contributed by atoms with Crippen molar-refractivity contribution in [1.29, 1.82) is 0 Å². The van der Waals surface area contributed by atoms with E-state index in [1.807, 2.05) is 4.90 Å². The molecule has 17 heavy (non-hydrogen) atoms. The molecule has 0 spiro atoms. The molecule has 2 heterocycles. The van der Waals surface area contributed by atoms with Gasteiger partial charge in [-0.2, -0.15) is 13.2 Å². The van der Waals surface area contributed by atoms with Crippen molar-refractivity contribution in [3.63, 3.8) is 0 Å². The van der Waals surface area contributed by atoms with Crippen molar-refractivity contribution in [3.05, 3.63) is 11.1 Å². The Hall–Kier alpha value is -0.820. The molecule has 0 aromatic carbocycles. The van der Waals surface area contributed by atoms with Gasteiger partial charge in [-0.25, -0.2) is 4.98 Å². The molecular weight excluding hydrogens is 253 g/mol. The van der Waals surface area contributed by atoms with E-state index in [1.54, 1.807) is 0 Å². The SMILES string of the molecule is OCC1CCCN(c2nc(C(F)(F)F)cs2)C1. The summed E-state index contributed by atoms with van der Waals surface area (Å²) in [5.41, 5.74) is -0.830. The van der Waals surface area contributed by atoms with E-state index in [1.165, 1.54) is 0 Å². The Labute approximate surface area is 101 Å². The van der Waals surface area contributed by atoms with Gasteiger partial charge >= 0.3 is 6.18 Å². The van der Waals surface area contributed by atoms with E-state index in [0.29, 0.717) is 18.2 Å². The summed E-state index contributed by atoms with van der Waals surface area (Å²) < 4.78 is 37.2. The molecule has 0 radical (unpaired) electrons. The van der Waals surface area contributed by atoms with Crippen molar-refractivity contribution >= 4 is 16.5 Å². The highest BCUT2D eigenvalue weighted by atomic mass is 32.1. The molecule has 1 aromatic rings. The van der Waals surface area contributed by atoms with Gasteiger partial charge in [-0.15, -0.1) is 11.3 Å². The molecule has 1 aliphatic rings. The Morgan fingerprint density at radius 1 is 1.53 bits per heavy atom. The van der Waals surface area contributed by atoms with Gasteiger partial charge in [0.1, 0.15) is 0 Å². The van der Waals surface area contributed by atoms with Crippen LogP contribution in [-0.2, 0) is 6.18 Å². The summed E-state index contributed by atoms with van der Waals surface area (Å²) in [6.45, 7) is 1.37. The number of aliphatic hydroxyl groups excluding tert-OH is 1. The predicted molar refractivity (Wildman–Crippen MR) is 59.1 cm³/mol. The maximum Gasteiger partial charge on any atom is 0.434 e. The molecule has 0 amide bonds. The second kappa shape index (κ2) is 4.81. The lowest BCUT2D eigenvalue weighted by molar-refractivity contribution is -0.140. The zero-order valence-electron chi connectivity index (χ0n) is 9.07. The number of piperidine rings is 1. The van der Waals surface area contributed by atoms with Gasteiger partial charge in [-0.3, -0.25) is 0 Å². The molecule has 96 valence electrons. The maximum atomic E-state index is 12.4. The number of alkyl halides is 3. The first-order valence-electron chi connectivity index (χ1n) is 5.39. The predicted octanol–water partition coefficient (Wildman–Crippen LogP) is 2.37. The first kappa shape index (κ1) is 12.6. The maximum absolute atomic E-state index is 12.4. The van der Waals surface area contributed by atoms with Crippen molar-refractivity contribution in [1.82, 2.24) is 4.98 Å². The van der Waals surface area contributed by atoms with Crippen LogP contribution in [0, 0.1) is 5.92 Å². The molecule has 1 unspecified atom stereocenters. The van der Waals surface area contributed by atoms with Crippen molar-refractivity contribution in [2.45, 2.75) is 19.0 Å². The van der Waals surface area contributed by atoms with Gasteiger partial charge in [0.15, 0.2) is 10.8 Å². The number of rotatable bonds is 2. The largest absolute Gasteiger partial charge is 0.434 e. The van der Waals surface area contributed by atoms with Crippen molar-refractivity contribution < 1.29 is 18.3 Å². The topological polar surface area (TPSA) is 36.4 Å². The Balaban J connectivity index is 2.09. The summed E-state index contributed by atoms with van der Waals surface area (Å²) in [5.74, 6) is 0.141. The zero-order chi connectivity index (χ0) is 12.5. The number of thiazole rings is 1. The van der Waals surface area contributed by atoms with Gasteiger partial charge in [-0.05, 0) is 18.8 Å². The summed E-state index contributed by atoms with van der Waals surface area (Å²) in [7, 11) is 0. The molecule has 1 aliphatic heterocycles. The Morgan fingerprint density at radius 3 is 2.88 bits per heavy atom. The molecule has 0 aliphatic carbocycles. The smallest absolute Gasteiger partial charge is 0.396 e. The fourth-order valence-corrected chi connectivity index (χ4v) is 2.80. The van der Waals surface area contributed by atoms with Crippen LogP contribution in [0.3, 0.4) is 0 Å². The fourth-order valence-electron chi connectivity index (χ4n) is 1.93.